The number of aryl methyl sites for hydroxylation is 2. The average molecular weight is 328 g/mol. The highest BCUT2D eigenvalue weighted by atomic mass is 32.1. The maximum Gasteiger partial charge on any atom is 0.342 e. The van der Waals surface area contributed by atoms with Crippen molar-refractivity contribution in [1.29, 1.82) is 0 Å². The molecule has 1 fully saturated rings. The van der Waals surface area contributed by atoms with E-state index in [-0.39, 0.29) is 12.1 Å². The number of esters is 1. The lowest BCUT2D eigenvalue weighted by molar-refractivity contribution is 0.0232. The van der Waals surface area contributed by atoms with Gasteiger partial charge in [0.05, 0.1) is 23.3 Å². The lowest BCUT2D eigenvalue weighted by atomic mass is 10.2. The van der Waals surface area contributed by atoms with Crippen molar-refractivity contribution < 1.29 is 13.9 Å². The van der Waals surface area contributed by atoms with Crippen LogP contribution in [0.4, 0.5) is 5.13 Å². The maximum atomic E-state index is 12.2. The molecule has 0 bridgehead atoms. The van der Waals surface area contributed by atoms with Crippen LogP contribution in [0.2, 0.25) is 0 Å². The number of furan rings is 1. The highest BCUT2D eigenvalue weighted by Crippen LogP contribution is 2.32. The van der Waals surface area contributed by atoms with Crippen LogP contribution >= 0.6 is 11.3 Å². The Morgan fingerprint density at radius 3 is 2.83 bits per heavy atom. The molecule has 5 nitrogen and oxygen atoms in total. The maximum absolute atomic E-state index is 12.2. The Labute approximate surface area is 137 Å². The molecule has 0 radical (unpaired) electrons. The minimum absolute atomic E-state index is 0.0934. The summed E-state index contributed by atoms with van der Waals surface area (Å²) in [5.74, 6) is 1.02. The first-order chi connectivity index (χ1) is 11.1. The fraction of sp³-hybridized carbons (Fsp3) is 0.294. The normalized spacial score (nSPS) is 15.0. The van der Waals surface area contributed by atoms with Crippen LogP contribution in [-0.4, -0.2) is 30.1 Å². The van der Waals surface area contributed by atoms with E-state index in [1.807, 2.05) is 25.1 Å². The van der Waals surface area contributed by atoms with Gasteiger partial charge in [0.15, 0.2) is 5.13 Å². The van der Waals surface area contributed by atoms with E-state index in [1.165, 1.54) is 4.70 Å². The molecule has 0 saturated carbocycles. The Hall–Kier alpha value is -2.34. The van der Waals surface area contributed by atoms with Crippen molar-refractivity contribution in [1.82, 2.24) is 4.98 Å². The number of hydrogen-bond acceptors (Lipinski definition) is 6. The molecule has 1 aliphatic rings. The number of rotatable bonds is 3. The number of benzene rings is 1. The largest absolute Gasteiger partial charge is 0.466 e. The molecule has 0 unspecified atom stereocenters. The van der Waals surface area contributed by atoms with E-state index >= 15 is 0 Å². The van der Waals surface area contributed by atoms with Crippen LogP contribution < -0.4 is 4.90 Å². The van der Waals surface area contributed by atoms with E-state index in [9.17, 15) is 4.79 Å². The zero-order valence-corrected chi connectivity index (χ0v) is 13.7. The van der Waals surface area contributed by atoms with Gasteiger partial charge in [0.2, 0.25) is 0 Å². The van der Waals surface area contributed by atoms with Crippen molar-refractivity contribution in [2.45, 2.75) is 20.0 Å². The first-order valence-corrected chi connectivity index (χ1v) is 8.30. The molecule has 0 atom stereocenters. The summed E-state index contributed by atoms with van der Waals surface area (Å²) in [4.78, 5) is 18.9. The average Bonchev–Trinajstić information content (AvgIpc) is 3.04. The van der Waals surface area contributed by atoms with Crippen LogP contribution in [0.3, 0.4) is 0 Å². The summed E-state index contributed by atoms with van der Waals surface area (Å²) in [6.45, 7) is 4.96. The first kappa shape index (κ1) is 14.3. The van der Waals surface area contributed by atoms with Crippen molar-refractivity contribution in [3.05, 3.63) is 47.4 Å². The summed E-state index contributed by atoms with van der Waals surface area (Å²) >= 11 is 1.66. The SMILES string of the molecule is Cc1cc(C(=O)OC2CN(c3nc4ccccc4s3)C2)c(C)o1. The summed E-state index contributed by atoms with van der Waals surface area (Å²) < 4.78 is 12.1. The number of carbonyl (C=O) groups is 1. The van der Waals surface area contributed by atoms with Crippen molar-refractivity contribution >= 4 is 32.7 Å². The van der Waals surface area contributed by atoms with Gasteiger partial charge in [-0.25, -0.2) is 9.78 Å². The third kappa shape index (κ3) is 2.59. The number of thiazole rings is 1. The highest BCUT2D eigenvalue weighted by molar-refractivity contribution is 7.22. The van der Waals surface area contributed by atoms with Gasteiger partial charge in [0.25, 0.3) is 0 Å². The Morgan fingerprint density at radius 1 is 1.35 bits per heavy atom. The van der Waals surface area contributed by atoms with Crippen molar-refractivity contribution in [3.8, 4) is 0 Å². The van der Waals surface area contributed by atoms with Crippen LogP contribution in [0.15, 0.2) is 34.7 Å². The Balaban J connectivity index is 1.39. The number of hydrogen-bond donors (Lipinski definition) is 0. The van der Waals surface area contributed by atoms with E-state index in [0.717, 1.165) is 16.4 Å². The smallest absolute Gasteiger partial charge is 0.342 e. The topological polar surface area (TPSA) is 55.6 Å². The van der Waals surface area contributed by atoms with Crippen LogP contribution in [0.25, 0.3) is 10.2 Å². The van der Waals surface area contributed by atoms with Crippen molar-refractivity contribution in [2.24, 2.45) is 0 Å². The van der Waals surface area contributed by atoms with Gasteiger partial charge in [0.1, 0.15) is 23.2 Å². The van der Waals surface area contributed by atoms with Crippen LogP contribution in [0.1, 0.15) is 21.9 Å². The van der Waals surface area contributed by atoms with Crippen molar-refractivity contribution in [3.63, 3.8) is 0 Å². The van der Waals surface area contributed by atoms with Gasteiger partial charge in [-0.2, -0.15) is 0 Å². The number of fused-ring (bicyclic) bond motifs is 1. The van der Waals surface area contributed by atoms with Gasteiger partial charge < -0.3 is 14.1 Å². The van der Waals surface area contributed by atoms with E-state index in [2.05, 4.69) is 16.0 Å². The molecule has 6 heteroatoms. The third-order valence-electron chi connectivity index (χ3n) is 3.94. The third-order valence-corrected chi connectivity index (χ3v) is 5.03. The monoisotopic (exact) mass is 328 g/mol. The lowest BCUT2D eigenvalue weighted by Gasteiger charge is -2.38. The zero-order chi connectivity index (χ0) is 16.0. The molecule has 3 heterocycles. The summed E-state index contributed by atoms with van der Waals surface area (Å²) in [6.07, 6.45) is -0.0934. The van der Waals surface area contributed by atoms with Crippen molar-refractivity contribution in [2.75, 3.05) is 18.0 Å². The van der Waals surface area contributed by atoms with Gasteiger partial charge in [-0.15, -0.1) is 0 Å². The summed E-state index contributed by atoms with van der Waals surface area (Å²) in [6, 6.07) is 9.80. The number of aromatic nitrogens is 1. The predicted molar refractivity (Wildman–Crippen MR) is 89.2 cm³/mol. The Morgan fingerprint density at radius 2 is 2.13 bits per heavy atom. The Kier molecular flexibility index (Phi) is 3.34. The number of anilines is 1. The number of para-hydroxylation sites is 1. The van der Waals surface area contributed by atoms with E-state index in [4.69, 9.17) is 9.15 Å². The van der Waals surface area contributed by atoms with E-state index in [0.29, 0.717) is 24.4 Å². The molecule has 0 amide bonds. The molecule has 0 aliphatic carbocycles. The summed E-state index contributed by atoms with van der Waals surface area (Å²) in [5.41, 5.74) is 1.53. The summed E-state index contributed by atoms with van der Waals surface area (Å²) in [5, 5.41) is 0.980. The standard InChI is InChI=1S/C17H16N2O3S/c1-10-7-13(11(2)21-10)16(20)22-12-8-19(9-12)17-18-14-5-3-4-6-15(14)23-17/h3-7,12H,8-9H2,1-2H3. The van der Waals surface area contributed by atoms with Crippen LogP contribution in [0.5, 0.6) is 0 Å². The Bertz CT molecular complexity index is 844. The number of ether oxygens (including phenoxy) is 1. The van der Waals surface area contributed by atoms with Gasteiger partial charge in [-0.05, 0) is 32.0 Å². The number of nitrogens with zero attached hydrogens (tertiary/aromatic N) is 2. The molecule has 3 aromatic rings. The second kappa shape index (κ2) is 5.38. The molecular weight excluding hydrogens is 312 g/mol. The van der Waals surface area contributed by atoms with Crippen LogP contribution in [0, 0.1) is 13.8 Å². The summed E-state index contributed by atoms with van der Waals surface area (Å²) in [7, 11) is 0. The van der Waals surface area contributed by atoms with Gasteiger partial charge in [0, 0.05) is 0 Å². The zero-order valence-electron chi connectivity index (χ0n) is 12.9. The quantitative estimate of drug-likeness (QED) is 0.688. The fourth-order valence-electron chi connectivity index (χ4n) is 2.71. The van der Waals surface area contributed by atoms with Gasteiger partial charge in [-0.3, -0.25) is 0 Å². The van der Waals surface area contributed by atoms with E-state index < -0.39 is 0 Å². The van der Waals surface area contributed by atoms with Crippen LogP contribution in [-0.2, 0) is 4.74 Å². The molecule has 0 spiro atoms. The molecular formula is C17H16N2O3S. The predicted octanol–water partition coefficient (Wildman–Crippen LogP) is 3.55. The molecule has 0 N–H and O–H groups in total. The lowest BCUT2D eigenvalue weighted by Crippen LogP contribution is -2.53. The minimum Gasteiger partial charge on any atom is -0.466 e. The number of carbonyl (C=O) groups excluding carboxylic acids is 1. The first-order valence-electron chi connectivity index (χ1n) is 7.48. The molecule has 2 aromatic heterocycles. The van der Waals surface area contributed by atoms with Gasteiger partial charge >= 0.3 is 5.97 Å². The molecule has 118 valence electrons. The van der Waals surface area contributed by atoms with E-state index in [1.54, 1.807) is 24.3 Å². The van der Waals surface area contributed by atoms with Gasteiger partial charge in [-0.1, -0.05) is 23.5 Å². The molecule has 4 rings (SSSR count). The fourth-order valence-corrected chi connectivity index (χ4v) is 3.70. The second-order valence-electron chi connectivity index (χ2n) is 5.72. The highest BCUT2D eigenvalue weighted by Gasteiger charge is 2.33. The molecule has 1 saturated heterocycles. The molecule has 23 heavy (non-hydrogen) atoms. The molecule has 1 aliphatic heterocycles. The minimum atomic E-state index is -0.312. The second-order valence-corrected chi connectivity index (χ2v) is 6.73. The molecule has 1 aromatic carbocycles.